The zero-order valence-electron chi connectivity index (χ0n) is 25.3. The van der Waals surface area contributed by atoms with Crippen LogP contribution in [0.15, 0.2) is 120 Å². The van der Waals surface area contributed by atoms with Gasteiger partial charge in [0.15, 0.2) is 0 Å². The lowest BCUT2D eigenvalue weighted by Gasteiger charge is -2.34. The van der Waals surface area contributed by atoms with Crippen molar-refractivity contribution >= 4 is 27.5 Å². The largest absolute Gasteiger partial charge is 0.497 e. The van der Waals surface area contributed by atoms with Crippen molar-refractivity contribution in [1.29, 1.82) is 0 Å². The first-order valence-electron chi connectivity index (χ1n) is 14.6. The SMILES string of the molecule is COc1cccc(CN(C(=O)CN(c2ccccc2)S(=O)(=O)c2ccccc2)[C@@H](Cc2ccccc2)C(=O)NCC(C)C)c1. The first-order chi connectivity index (χ1) is 21.2. The molecule has 0 fully saturated rings. The van der Waals surface area contributed by atoms with Crippen LogP contribution in [0.3, 0.4) is 0 Å². The molecular formula is C35H39N3O5S. The van der Waals surface area contributed by atoms with E-state index in [0.717, 1.165) is 15.4 Å². The fraction of sp³-hybridized carbons (Fsp3) is 0.257. The first kappa shape index (κ1) is 32.3. The van der Waals surface area contributed by atoms with Gasteiger partial charge in [0.05, 0.1) is 17.7 Å². The van der Waals surface area contributed by atoms with Gasteiger partial charge < -0.3 is 15.0 Å². The molecule has 9 heteroatoms. The molecule has 2 amide bonds. The van der Waals surface area contributed by atoms with Crippen molar-refractivity contribution < 1.29 is 22.7 Å². The Balaban J connectivity index is 1.78. The van der Waals surface area contributed by atoms with E-state index in [4.69, 9.17) is 4.74 Å². The summed E-state index contributed by atoms with van der Waals surface area (Å²) in [5.74, 6) is -0.0208. The molecule has 0 aliphatic carbocycles. The Kier molecular flexibility index (Phi) is 11.2. The smallest absolute Gasteiger partial charge is 0.264 e. The number of nitrogens with one attached hydrogen (secondary N) is 1. The molecule has 0 spiro atoms. The van der Waals surface area contributed by atoms with Gasteiger partial charge in [-0.1, -0.05) is 92.7 Å². The van der Waals surface area contributed by atoms with Gasteiger partial charge in [0.25, 0.3) is 10.0 Å². The third-order valence-corrected chi connectivity index (χ3v) is 8.89. The van der Waals surface area contributed by atoms with Crippen molar-refractivity contribution in [2.24, 2.45) is 5.92 Å². The van der Waals surface area contributed by atoms with Crippen molar-refractivity contribution in [3.8, 4) is 5.75 Å². The maximum atomic E-state index is 14.4. The monoisotopic (exact) mass is 613 g/mol. The number of para-hydroxylation sites is 1. The summed E-state index contributed by atoms with van der Waals surface area (Å²) >= 11 is 0. The number of anilines is 1. The second kappa shape index (κ2) is 15.2. The number of sulfonamides is 1. The van der Waals surface area contributed by atoms with Gasteiger partial charge in [-0.15, -0.1) is 0 Å². The summed E-state index contributed by atoms with van der Waals surface area (Å²) in [5, 5.41) is 3.00. The third-order valence-electron chi connectivity index (χ3n) is 7.10. The van der Waals surface area contributed by atoms with Gasteiger partial charge in [-0.05, 0) is 53.4 Å². The van der Waals surface area contributed by atoms with Gasteiger partial charge in [0, 0.05) is 19.5 Å². The Bertz CT molecular complexity index is 1610. The zero-order chi connectivity index (χ0) is 31.5. The highest BCUT2D eigenvalue weighted by atomic mass is 32.2. The molecule has 0 heterocycles. The molecule has 1 atom stereocenters. The van der Waals surface area contributed by atoms with Crippen LogP contribution in [0.25, 0.3) is 0 Å². The Morgan fingerprint density at radius 3 is 2.00 bits per heavy atom. The van der Waals surface area contributed by atoms with Crippen LogP contribution in [0, 0.1) is 5.92 Å². The number of methoxy groups -OCH3 is 1. The van der Waals surface area contributed by atoms with E-state index in [1.165, 1.54) is 17.0 Å². The number of hydrogen-bond donors (Lipinski definition) is 1. The lowest BCUT2D eigenvalue weighted by molar-refractivity contribution is -0.140. The molecule has 44 heavy (non-hydrogen) atoms. The lowest BCUT2D eigenvalue weighted by Crippen LogP contribution is -2.53. The van der Waals surface area contributed by atoms with E-state index in [9.17, 15) is 18.0 Å². The molecule has 1 N–H and O–H groups in total. The van der Waals surface area contributed by atoms with Crippen LogP contribution in [0.5, 0.6) is 5.75 Å². The van der Waals surface area contributed by atoms with E-state index in [2.05, 4.69) is 5.32 Å². The molecule has 0 aliphatic heterocycles. The van der Waals surface area contributed by atoms with Crippen molar-refractivity contribution in [1.82, 2.24) is 10.2 Å². The van der Waals surface area contributed by atoms with Gasteiger partial charge in [-0.25, -0.2) is 8.42 Å². The van der Waals surface area contributed by atoms with Crippen LogP contribution < -0.4 is 14.4 Å². The summed E-state index contributed by atoms with van der Waals surface area (Å²) in [4.78, 5) is 29.8. The Hall–Kier alpha value is -4.63. The second-order valence-corrected chi connectivity index (χ2v) is 12.7. The molecule has 4 rings (SSSR count). The minimum Gasteiger partial charge on any atom is -0.497 e. The van der Waals surface area contributed by atoms with Crippen molar-refractivity contribution in [3.05, 3.63) is 126 Å². The summed E-state index contributed by atoms with van der Waals surface area (Å²) in [5.41, 5.74) is 1.96. The third kappa shape index (κ3) is 8.48. The second-order valence-electron chi connectivity index (χ2n) is 10.9. The predicted molar refractivity (Wildman–Crippen MR) is 173 cm³/mol. The number of hydrogen-bond acceptors (Lipinski definition) is 5. The van der Waals surface area contributed by atoms with Crippen LogP contribution in [-0.2, 0) is 32.6 Å². The number of carbonyl (C=O) groups is 2. The number of rotatable bonds is 14. The molecule has 4 aromatic carbocycles. The molecule has 4 aromatic rings. The van der Waals surface area contributed by atoms with E-state index in [-0.39, 0.29) is 29.7 Å². The van der Waals surface area contributed by atoms with Gasteiger partial charge in [-0.3, -0.25) is 13.9 Å². The molecule has 0 saturated carbocycles. The summed E-state index contributed by atoms with van der Waals surface area (Å²) in [6.45, 7) is 3.99. The zero-order valence-corrected chi connectivity index (χ0v) is 26.1. The number of carbonyl (C=O) groups excluding carboxylic acids is 2. The minimum atomic E-state index is -4.13. The molecule has 0 saturated heterocycles. The minimum absolute atomic E-state index is 0.0616. The number of nitrogens with zero attached hydrogens (tertiary/aromatic N) is 2. The van der Waals surface area contributed by atoms with Crippen LogP contribution in [0.4, 0.5) is 5.69 Å². The van der Waals surface area contributed by atoms with Gasteiger partial charge >= 0.3 is 0 Å². The Morgan fingerprint density at radius 1 is 0.795 bits per heavy atom. The molecule has 230 valence electrons. The summed E-state index contributed by atoms with van der Waals surface area (Å²) in [6, 6.07) is 32.4. The lowest BCUT2D eigenvalue weighted by atomic mass is 10.0. The molecule has 0 unspecified atom stereocenters. The molecular weight excluding hydrogens is 574 g/mol. The van der Waals surface area contributed by atoms with Gasteiger partial charge in [0.1, 0.15) is 18.3 Å². The molecule has 0 bridgehead atoms. The summed E-state index contributed by atoms with van der Waals surface area (Å²) in [6.07, 6.45) is 0.247. The van der Waals surface area contributed by atoms with Gasteiger partial charge in [-0.2, -0.15) is 0 Å². The highest BCUT2D eigenvalue weighted by molar-refractivity contribution is 7.92. The average Bonchev–Trinajstić information content (AvgIpc) is 3.05. The quantitative estimate of drug-likeness (QED) is 0.208. The van der Waals surface area contributed by atoms with E-state index >= 15 is 0 Å². The first-order valence-corrected chi connectivity index (χ1v) is 16.0. The number of ether oxygens (including phenoxy) is 1. The van der Waals surface area contributed by atoms with Crippen molar-refractivity contribution in [2.75, 3.05) is 24.5 Å². The fourth-order valence-corrected chi connectivity index (χ4v) is 6.22. The van der Waals surface area contributed by atoms with Crippen LogP contribution >= 0.6 is 0 Å². The van der Waals surface area contributed by atoms with Crippen molar-refractivity contribution in [2.45, 2.75) is 37.8 Å². The molecule has 0 aliphatic rings. The number of benzene rings is 4. The predicted octanol–water partition coefficient (Wildman–Crippen LogP) is 5.30. The van der Waals surface area contributed by atoms with Gasteiger partial charge in [0.2, 0.25) is 11.8 Å². The van der Waals surface area contributed by atoms with Crippen molar-refractivity contribution in [3.63, 3.8) is 0 Å². The van der Waals surface area contributed by atoms with Crippen LogP contribution in [0.1, 0.15) is 25.0 Å². The maximum absolute atomic E-state index is 14.4. The standard InChI is InChI=1S/C35H39N3O5S/c1-27(2)24-36-35(40)33(23-28-14-7-4-8-15-28)37(25-29-16-13-19-31(22-29)43-3)34(39)26-38(30-17-9-5-10-18-30)44(41,42)32-20-11-6-12-21-32/h4-22,27,33H,23-26H2,1-3H3,(H,36,40)/t33-/m0/s1. The average molecular weight is 614 g/mol. The van der Waals surface area contributed by atoms with E-state index < -0.39 is 28.5 Å². The number of amides is 2. The Labute approximate surface area is 260 Å². The summed E-state index contributed by atoms with van der Waals surface area (Å²) in [7, 11) is -2.57. The normalized spacial score (nSPS) is 11.9. The van der Waals surface area contributed by atoms with Crippen LogP contribution in [0.2, 0.25) is 0 Å². The molecule has 0 radical (unpaired) electrons. The highest BCUT2D eigenvalue weighted by Gasteiger charge is 2.34. The fourth-order valence-electron chi connectivity index (χ4n) is 4.79. The topological polar surface area (TPSA) is 96.0 Å². The highest BCUT2D eigenvalue weighted by Crippen LogP contribution is 2.25. The van der Waals surface area contributed by atoms with E-state index in [1.807, 2.05) is 62.4 Å². The van der Waals surface area contributed by atoms with Crippen LogP contribution in [-0.4, -0.2) is 51.4 Å². The van der Waals surface area contributed by atoms with E-state index in [1.54, 1.807) is 61.7 Å². The molecule has 0 aromatic heterocycles. The van der Waals surface area contributed by atoms with E-state index in [0.29, 0.717) is 18.0 Å². The summed E-state index contributed by atoms with van der Waals surface area (Å²) < 4.78 is 34.4. The molecule has 8 nitrogen and oxygen atoms in total. The maximum Gasteiger partial charge on any atom is 0.264 e. The Morgan fingerprint density at radius 2 is 1.39 bits per heavy atom.